The van der Waals surface area contributed by atoms with Gasteiger partial charge in [0.2, 0.25) is 0 Å². The predicted molar refractivity (Wildman–Crippen MR) is 74.4 cm³/mol. The summed E-state index contributed by atoms with van der Waals surface area (Å²) in [6, 6.07) is 5.59. The molecule has 0 radical (unpaired) electrons. The van der Waals surface area contributed by atoms with E-state index in [9.17, 15) is 0 Å². The van der Waals surface area contributed by atoms with Gasteiger partial charge in [-0.05, 0) is 24.1 Å². The van der Waals surface area contributed by atoms with Gasteiger partial charge >= 0.3 is 0 Å². The van der Waals surface area contributed by atoms with Crippen LogP contribution in [0.15, 0.2) is 18.2 Å². The van der Waals surface area contributed by atoms with Crippen molar-refractivity contribution in [2.24, 2.45) is 0 Å². The monoisotopic (exact) mass is 269 g/mol. The number of ether oxygens (including phenoxy) is 4. The number of hydrogen-bond donors (Lipinski definition) is 1. The maximum Gasteiger partial charge on any atom is 0.121 e. The first-order valence-electron chi connectivity index (χ1n) is 6.34. The minimum Gasteiger partial charge on any atom is -0.497 e. The van der Waals surface area contributed by atoms with Crippen molar-refractivity contribution in [1.82, 2.24) is 0 Å². The van der Waals surface area contributed by atoms with Crippen molar-refractivity contribution < 1.29 is 18.9 Å². The Labute approximate surface area is 114 Å². The van der Waals surface area contributed by atoms with E-state index in [1.807, 2.05) is 12.1 Å². The first kappa shape index (κ1) is 15.8. The third-order valence-electron chi connectivity index (χ3n) is 2.50. The van der Waals surface area contributed by atoms with Gasteiger partial charge in [0, 0.05) is 32.1 Å². The Kier molecular flexibility index (Phi) is 7.97. The van der Waals surface area contributed by atoms with E-state index >= 15 is 0 Å². The Morgan fingerprint density at radius 1 is 0.947 bits per heavy atom. The Bertz CT molecular complexity index is 357. The van der Waals surface area contributed by atoms with Crippen LogP contribution in [-0.2, 0) is 20.8 Å². The zero-order valence-electron chi connectivity index (χ0n) is 11.7. The van der Waals surface area contributed by atoms with Crippen molar-refractivity contribution in [2.75, 3.05) is 46.4 Å². The van der Waals surface area contributed by atoms with Gasteiger partial charge in [0.05, 0.1) is 26.9 Å². The van der Waals surface area contributed by atoms with Crippen LogP contribution in [0.3, 0.4) is 0 Å². The van der Waals surface area contributed by atoms with Crippen LogP contribution in [0.4, 0.5) is 5.69 Å². The van der Waals surface area contributed by atoms with Crippen LogP contribution < -0.4 is 10.5 Å². The number of benzene rings is 1. The maximum absolute atomic E-state index is 5.77. The molecule has 0 heterocycles. The average Bonchev–Trinajstić information content (AvgIpc) is 2.41. The van der Waals surface area contributed by atoms with E-state index in [2.05, 4.69) is 0 Å². The molecule has 2 N–H and O–H groups in total. The van der Waals surface area contributed by atoms with Crippen molar-refractivity contribution in [1.29, 1.82) is 0 Å². The van der Waals surface area contributed by atoms with E-state index in [4.69, 9.17) is 24.7 Å². The van der Waals surface area contributed by atoms with Gasteiger partial charge in [-0.3, -0.25) is 0 Å². The van der Waals surface area contributed by atoms with Gasteiger partial charge in [0.1, 0.15) is 5.75 Å². The summed E-state index contributed by atoms with van der Waals surface area (Å²) < 4.78 is 20.9. The summed E-state index contributed by atoms with van der Waals surface area (Å²) in [6.45, 7) is 3.13. The highest BCUT2D eigenvalue weighted by atomic mass is 16.5. The molecule has 0 saturated carbocycles. The van der Waals surface area contributed by atoms with E-state index in [0.29, 0.717) is 38.7 Å². The summed E-state index contributed by atoms with van der Waals surface area (Å²) in [5.74, 6) is 0.751. The van der Waals surface area contributed by atoms with Crippen molar-refractivity contribution >= 4 is 5.69 Å². The quantitative estimate of drug-likeness (QED) is 0.519. The van der Waals surface area contributed by atoms with Crippen LogP contribution in [0.1, 0.15) is 12.0 Å². The van der Waals surface area contributed by atoms with E-state index < -0.39 is 0 Å². The van der Waals surface area contributed by atoms with Crippen LogP contribution in [0.2, 0.25) is 0 Å². The molecule has 0 atom stereocenters. The van der Waals surface area contributed by atoms with Crippen LogP contribution in [0.5, 0.6) is 5.75 Å². The lowest BCUT2D eigenvalue weighted by atomic mass is 10.2. The van der Waals surface area contributed by atoms with Crippen LogP contribution in [-0.4, -0.2) is 40.6 Å². The summed E-state index contributed by atoms with van der Waals surface area (Å²) in [5, 5.41) is 0. The van der Waals surface area contributed by atoms with Gasteiger partial charge in [-0.15, -0.1) is 0 Å². The third-order valence-corrected chi connectivity index (χ3v) is 2.50. The fourth-order valence-electron chi connectivity index (χ4n) is 1.58. The van der Waals surface area contributed by atoms with E-state index in [0.717, 1.165) is 17.7 Å². The molecule has 0 saturated heterocycles. The molecule has 1 aromatic carbocycles. The molecule has 1 aromatic rings. The zero-order chi connectivity index (χ0) is 13.9. The van der Waals surface area contributed by atoms with Crippen molar-refractivity contribution in [2.45, 2.75) is 13.0 Å². The Morgan fingerprint density at radius 3 is 2.47 bits per heavy atom. The number of rotatable bonds is 10. The highest BCUT2D eigenvalue weighted by molar-refractivity contribution is 5.47. The van der Waals surface area contributed by atoms with Gasteiger partial charge in [0.25, 0.3) is 0 Å². The number of anilines is 1. The molecule has 0 aliphatic rings. The summed E-state index contributed by atoms with van der Waals surface area (Å²) in [7, 11) is 3.28. The normalized spacial score (nSPS) is 10.6. The van der Waals surface area contributed by atoms with Gasteiger partial charge in [-0.25, -0.2) is 0 Å². The first-order valence-corrected chi connectivity index (χ1v) is 6.34. The van der Waals surface area contributed by atoms with Crippen LogP contribution in [0.25, 0.3) is 0 Å². The van der Waals surface area contributed by atoms with Crippen LogP contribution >= 0.6 is 0 Å². The summed E-state index contributed by atoms with van der Waals surface area (Å²) in [4.78, 5) is 0. The van der Waals surface area contributed by atoms with Crippen LogP contribution in [0, 0.1) is 0 Å². The fourth-order valence-corrected chi connectivity index (χ4v) is 1.58. The lowest BCUT2D eigenvalue weighted by Gasteiger charge is -2.08. The maximum atomic E-state index is 5.77. The van der Waals surface area contributed by atoms with Crippen molar-refractivity contribution in [3.05, 3.63) is 23.8 Å². The molecule has 108 valence electrons. The van der Waals surface area contributed by atoms with E-state index in [1.54, 1.807) is 20.3 Å². The number of nitrogens with two attached hydrogens (primary N) is 1. The van der Waals surface area contributed by atoms with Gasteiger partial charge in [-0.1, -0.05) is 0 Å². The molecular weight excluding hydrogens is 246 g/mol. The molecule has 0 aliphatic carbocycles. The molecule has 0 bridgehead atoms. The molecule has 0 aliphatic heterocycles. The third kappa shape index (κ3) is 7.00. The average molecular weight is 269 g/mol. The lowest BCUT2D eigenvalue weighted by molar-refractivity contribution is 0.0483. The molecule has 0 amide bonds. The molecule has 0 spiro atoms. The fraction of sp³-hybridized carbons (Fsp3) is 0.571. The summed E-state index contributed by atoms with van der Waals surface area (Å²) in [6.07, 6.45) is 0.864. The summed E-state index contributed by atoms with van der Waals surface area (Å²) >= 11 is 0. The number of methoxy groups -OCH3 is 2. The van der Waals surface area contributed by atoms with Crippen molar-refractivity contribution in [3.63, 3.8) is 0 Å². The Hall–Kier alpha value is -1.30. The zero-order valence-corrected chi connectivity index (χ0v) is 11.7. The second kappa shape index (κ2) is 9.61. The summed E-state index contributed by atoms with van der Waals surface area (Å²) in [5.41, 5.74) is 7.46. The number of nitrogen functional groups attached to an aromatic ring is 1. The molecule has 19 heavy (non-hydrogen) atoms. The lowest BCUT2D eigenvalue weighted by Crippen LogP contribution is -2.05. The Morgan fingerprint density at radius 2 is 1.74 bits per heavy atom. The predicted octanol–water partition coefficient (Wildman–Crippen LogP) is 1.85. The minimum atomic E-state index is 0.527. The second-order valence-electron chi connectivity index (χ2n) is 4.13. The van der Waals surface area contributed by atoms with E-state index in [1.165, 1.54) is 0 Å². The second-order valence-corrected chi connectivity index (χ2v) is 4.13. The smallest absolute Gasteiger partial charge is 0.121 e. The number of hydrogen-bond acceptors (Lipinski definition) is 5. The van der Waals surface area contributed by atoms with Gasteiger partial charge in [0.15, 0.2) is 0 Å². The molecule has 0 aromatic heterocycles. The topological polar surface area (TPSA) is 62.9 Å². The van der Waals surface area contributed by atoms with Gasteiger partial charge in [-0.2, -0.15) is 0 Å². The minimum absolute atomic E-state index is 0.527. The van der Waals surface area contributed by atoms with Crippen molar-refractivity contribution in [3.8, 4) is 5.75 Å². The first-order chi connectivity index (χ1) is 9.26. The molecule has 0 unspecified atom stereocenters. The van der Waals surface area contributed by atoms with Gasteiger partial charge < -0.3 is 24.7 Å². The molecule has 1 rings (SSSR count). The largest absolute Gasteiger partial charge is 0.497 e. The molecule has 0 fully saturated rings. The molecule has 5 nitrogen and oxygen atoms in total. The van der Waals surface area contributed by atoms with E-state index in [-0.39, 0.29) is 0 Å². The highest BCUT2D eigenvalue weighted by Gasteiger charge is 1.99. The molecule has 5 heteroatoms. The standard InChI is InChI=1S/C14H23NO4/c1-16-6-7-18-4-3-5-19-11-12-8-13(15)10-14(9-12)17-2/h8-10H,3-7,11,15H2,1-2H3. The molecular formula is C14H23NO4. The Balaban J connectivity index is 2.13. The highest BCUT2D eigenvalue weighted by Crippen LogP contribution is 2.18. The SMILES string of the molecule is COCCOCCCOCc1cc(N)cc(OC)c1.